The number of aryl methyl sites for hydroxylation is 1. The highest BCUT2D eigenvalue weighted by atomic mass is 32.1. The summed E-state index contributed by atoms with van der Waals surface area (Å²) in [5.74, 6) is 0.782. The first kappa shape index (κ1) is 17.7. The summed E-state index contributed by atoms with van der Waals surface area (Å²) in [4.78, 5) is 17.7. The molecule has 1 aliphatic heterocycles. The summed E-state index contributed by atoms with van der Waals surface area (Å²) >= 11 is 5.45. The number of hydrogen-bond acceptors (Lipinski definition) is 4. The van der Waals surface area contributed by atoms with E-state index in [1.807, 2.05) is 54.0 Å². The molecule has 4 rings (SSSR count). The van der Waals surface area contributed by atoms with E-state index in [1.165, 1.54) is 11.1 Å². The van der Waals surface area contributed by atoms with Gasteiger partial charge in [0.05, 0.1) is 12.2 Å². The average molecular weight is 379 g/mol. The molecule has 3 aromatic rings. The van der Waals surface area contributed by atoms with Gasteiger partial charge in [0.2, 0.25) is 0 Å². The van der Waals surface area contributed by atoms with Gasteiger partial charge < -0.3 is 5.32 Å². The Kier molecular flexibility index (Phi) is 4.68. The minimum atomic E-state index is -0.129. The molecule has 0 fully saturated rings. The Hall–Kier alpha value is -2.70. The van der Waals surface area contributed by atoms with Gasteiger partial charge in [-0.2, -0.15) is 0 Å². The standard InChI is InChI=1S/C21H22N4OS/c1-14-8-10-17(11-9-14)25-19-18(20(26)23-21(25)27)12-24(13-22-19)15(2)16-6-4-3-5-7-16/h3-11,15,22H,12-13H2,1-2H3,(H,23,26,27). The second-order valence-corrected chi connectivity index (χ2v) is 7.31. The minimum Gasteiger partial charge on any atom is -0.358 e. The number of nitrogens with one attached hydrogen (secondary N) is 2. The molecule has 0 amide bonds. The van der Waals surface area contributed by atoms with E-state index in [4.69, 9.17) is 12.2 Å². The highest BCUT2D eigenvalue weighted by molar-refractivity contribution is 7.71. The van der Waals surface area contributed by atoms with Gasteiger partial charge in [-0.25, -0.2) is 0 Å². The molecule has 0 aliphatic carbocycles. The van der Waals surface area contributed by atoms with Crippen LogP contribution in [0.4, 0.5) is 5.82 Å². The molecule has 1 aromatic heterocycles. The molecule has 0 spiro atoms. The zero-order chi connectivity index (χ0) is 19.0. The van der Waals surface area contributed by atoms with Crippen molar-refractivity contribution in [2.45, 2.75) is 26.4 Å². The first-order valence-electron chi connectivity index (χ1n) is 9.02. The number of H-pyrrole nitrogens is 1. The fourth-order valence-corrected chi connectivity index (χ4v) is 3.79. The zero-order valence-corrected chi connectivity index (χ0v) is 16.2. The van der Waals surface area contributed by atoms with E-state index in [9.17, 15) is 4.79 Å². The van der Waals surface area contributed by atoms with Crippen molar-refractivity contribution in [1.82, 2.24) is 14.5 Å². The summed E-state index contributed by atoms with van der Waals surface area (Å²) in [6.45, 7) is 5.42. The molecule has 2 aromatic carbocycles. The Bertz CT molecular complexity index is 1070. The van der Waals surface area contributed by atoms with Gasteiger partial charge in [0, 0.05) is 18.3 Å². The van der Waals surface area contributed by atoms with Gasteiger partial charge in [-0.15, -0.1) is 0 Å². The van der Waals surface area contributed by atoms with Gasteiger partial charge in [0.15, 0.2) is 4.77 Å². The van der Waals surface area contributed by atoms with Crippen LogP contribution in [0.15, 0.2) is 59.4 Å². The molecule has 6 heteroatoms. The van der Waals surface area contributed by atoms with E-state index in [2.05, 4.69) is 34.3 Å². The molecule has 138 valence electrons. The molecule has 27 heavy (non-hydrogen) atoms. The Morgan fingerprint density at radius 1 is 1.07 bits per heavy atom. The van der Waals surface area contributed by atoms with Crippen LogP contribution >= 0.6 is 12.2 Å². The summed E-state index contributed by atoms with van der Waals surface area (Å²) in [5.41, 5.74) is 3.93. The molecule has 2 N–H and O–H groups in total. The van der Waals surface area contributed by atoms with Gasteiger partial charge in [0.25, 0.3) is 5.56 Å². The van der Waals surface area contributed by atoms with Crippen LogP contribution in [0.25, 0.3) is 5.69 Å². The van der Waals surface area contributed by atoms with Crippen molar-refractivity contribution < 1.29 is 0 Å². The monoisotopic (exact) mass is 378 g/mol. The Balaban J connectivity index is 1.74. The first-order chi connectivity index (χ1) is 13.0. The summed E-state index contributed by atoms with van der Waals surface area (Å²) in [6.07, 6.45) is 0. The van der Waals surface area contributed by atoms with Crippen LogP contribution in [0.3, 0.4) is 0 Å². The quantitative estimate of drug-likeness (QED) is 0.672. The predicted molar refractivity (Wildman–Crippen MR) is 111 cm³/mol. The summed E-state index contributed by atoms with van der Waals surface area (Å²) in [6, 6.07) is 18.6. The second-order valence-electron chi connectivity index (χ2n) is 6.93. The zero-order valence-electron chi connectivity index (χ0n) is 15.4. The lowest BCUT2D eigenvalue weighted by atomic mass is 10.1. The number of benzene rings is 2. The summed E-state index contributed by atoms with van der Waals surface area (Å²) in [7, 11) is 0. The van der Waals surface area contributed by atoms with Gasteiger partial charge in [-0.3, -0.25) is 19.2 Å². The van der Waals surface area contributed by atoms with Crippen LogP contribution in [-0.2, 0) is 6.54 Å². The fourth-order valence-electron chi connectivity index (χ4n) is 3.50. The van der Waals surface area contributed by atoms with E-state index >= 15 is 0 Å². The Labute approximate surface area is 163 Å². The maximum absolute atomic E-state index is 12.6. The largest absolute Gasteiger partial charge is 0.358 e. The molecule has 1 atom stereocenters. The Morgan fingerprint density at radius 3 is 2.48 bits per heavy atom. The maximum Gasteiger partial charge on any atom is 0.258 e. The Morgan fingerprint density at radius 2 is 1.78 bits per heavy atom. The van der Waals surface area contributed by atoms with Gasteiger partial charge >= 0.3 is 0 Å². The van der Waals surface area contributed by atoms with Crippen molar-refractivity contribution in [2.75, 3.05) is 12.0 Å². The molecular weight excluding hydrogens is 356 g/mol. The van der Waals surface area contributed by atoms with Gasteiger partial charge in [0.1, 0.15) is 5.82 Å². The van der Waals surface area contributed by atoms with E-state index in [0.29, 0.717) is 23.5 Å². The van der Waals surface area contributed by atoms with Gasteiger partial charge in [-0.1, -0.05) is 48.0 Å². The summed E-state index contributed by atoms with van der Waals surface area (Å²) in [5, 5.41) is 3.43. The molecule has 1 unspecified atom stereocenters. The molecule has 0 saturated carbocycles. The third-order valence-electron chi connectivity index (χ3n) is 5.14. The van der Waals surface area contributed by atoms with E-state index in [0.717, 1.165) is 11.5 Å². The normalized spacial score (nSPS) is 15.0. The lowest BCUT2D eigenvalue weighted by Gasteiger charge is -2.35. The summed E-state index contributed by atoms with van der Waals surface area (Å²) < 4.78 is 2.32. The topological polar surface area (TPSA) is 53.1 Å². The number of rotatable bonds is 3. The highest BCUT2D eigenvalue weighted by Crippen LogP contribution is 2.28. The highest BCUT2D eigenvalue weighted by Gasteiger charge is 2.26. The average Bonchev–Trinajstić information content (AvgIpc) is 2.69. The van der Waals surface area contributed by atoms with Crippen LogP contribution in [0.5, 0.6) is 0 Å². The lowest BCUT2D eigenvalue weighted by molar-refractivity contribution is 0.207. The molecule has 2 heterocycles. The van der Waals surface area contributed by atoms with E-state index in [1.54, 1.807) is 0 Å². The number of aromatic amines is 1. The first-order valence-corrected chi connectivity index (χ1v) is 9.43. The van der Waals surface area contributed by atoms with Crippen LogP contribution in [0.2, 0.25) is 0 Å². The molecule has 0 saturated heterocycles. The van der Waals surface area contributed by atoms with Crippen LogP contribution in [-0.4, -0.2) is 21.1 Å². The number of fused-ring (bicyclic) bond motifs is 1. The van der Waals surface area contributed by atoms with Crippen molar-refractivity contribution in [3.8, 4) is 5.69 Å². The molecule has 5 nitrogen and oxygen atoms in total. The van der Waals surface area contributed by atoms with E-state index < -0.39 is 0 Å². The van der Waals surface area contributed by atoms with Crippen LogP contribution < -0.4 is 10.9 Å². The van der Waals surface area contributed by atoms with Crippen LogP contribution in [0.1, 0.15) is 29.7 Å². The maximum atomic E-state index is 12.6. The third kappa shape index (κ3) is 3.34. The van der Waals surface area contributed by atoms with Crippen LogP contribution in [0, 0.1) is 11.7 Å². The van der Waals surface area contributed by atoms with Crippen molar-refractivity contribution in [1.29, 1.82) is 0 Å². The minimum absolute atomic E-state index is 0.129. The fraction of sp³-hybridized carbons (Fsp3) is 0.238. The molecule has 1 aliphatic rings. The molecule has 0 bridgehead atoms. The number of nitrogens with zero attached hydrogens (tertiary/aromatic N) is 2. The smallest absolute Gasteiger partial charge is 0.258 e. The third-order valence-corrected chi connectivity index (χ3v) is 5.42. The van der Waals surface area contributed by atoms with Crippen molar-refractivity contribution in [3.63, 3.8) is 0 Å². The number of aromatic nitrogens is 2. The predicted octanol–water partition coefficient (Wildman–Crippen LogP) is 4.15. The second kappa shape index (κ2) is 7.13. The van der Waals surface area contributed by atoms with Crippen molar-refractivity contribution in [3.05, 3.63) is 86.4 Å². The van der Waals surface area contributed by atoms with Gasteiger partial charge in [-0.05, 0) is 43.8 Å². The lowest BCUT2D eigenvalue weighted by Crippen LogP contribution is -2.40. The van der Waals surface area contributed by atoms with Crippen molar-refractivity contribution in [2.24, 2.45) is 0 Å². The number of hydrogen-bond donors (Lipinski definition) is 2. The number of anilines is 1. The van der Waals surface area contributed by atoms with E-state index in [-0.39, 0.29) is 11.6 Å². The molecular formula is C21H22N4OS. The molecule has 0 radical (unpaired) electrons. The van der Waals surface area contributed by atoms with Crippen molar-refractivity contribution >= 4 is 18.0 Å². The SMILES string of the molecule is Cc1ccc(-n2c3c(c(=O)[nH]c2=S)CN(C(C)c2ccccc2)CN3)cc1.